The fourth-order valence-corrected chi connectivity index (χ4v) is 0.980. The van der Waals surface area contributed by atoms with E-state index in [2.05, 4.69) is 36.4 Å². The SMILES string of the molecule is CN(C)CCNc1ccccc1. The van der Waals surface area contributed by atoms with Gasteiger partial charge in [-0.2, -0.15) is 0 Å². The molecule has 12 heavy (non-hydrogen) atoms. The maximum atomic E-state index is 3.33. The number of likely N-dealkylation sites (N-methyl/N-ethyl adjacent to an activating group) is 1. The molecule has 0 aliphatic heterocycles. The van der Waals surface area contributed by atoms with Gasteiger partial charge in [-0.25, -0.2) is 0 Å². The van der Waals surface area contributed by atoms with Gasteiger partial charge in [-0.1, -0.05) is 18.2 Å². The number of hydrogen-bond donors (Lipinski definition) is 1. The lowest BCUT2D eigenvalue weighted by molar-refractivity contribution is 0.425. The predicted molar refractivity (Wildman–Crippen MR) is 53.5 cm³/mol. The second-order valence-corrected chi connectivity index (χ2v) is 3.10. The van der Waals surface area contributed by atoms with Gasteiger partial charge < -0.3 is 10.2 Å². The summed E-state index contributed by atoms with van der Waals surface area (Å²) in [5, 5.41) is 3.33. The van der Waals surface area contributed by atoms with Gasteiger partial charge in [-0.3, -0.25) is 0 Å². The summed E-state index contributed by atoms with van der Waals surface area (Å²) >= 11 is 0. The average Bonchev–Trinajstić information content (AvgIpc) is 2.05. The van der Waals surface area contributed by atoms with Crippen molar-refractivity contribution in [2.45, 2.75) is 0 Å². The van der Waals surface area contributed by atoms with Crippen molar-refractivity contribution in [3.05, 3.63) is 30.3 Å². The van der Waals surface area contributed by atoms with E-state index in [1.165, 1.54) is 5.69 Å². The van der Waals surface area contributed by atoms with Crippen LogP contribution in [0.5, 0.6) is 0 Å². The molecule has 0 bridgehead atoms. The van der Waals surface area contributed by atoms with Crippen LogP contribution in [0.1, 0.15) is 0 Å². The molecule has 0 aliphatic rings. The van der Waals surface area contributed by atoms with Crippen molar-refractivity contribution in [2.24, 2.45) is 0 Å². The van der Waals surface area contributed by atoms with Crippen molar-refractivity contribution in [2.75, 3.05) is 32.5 Å². The standard InChI is InChI=1S/C10H16N2/c1-12(2)9-8-11-10-6-4-3-5-7-10/h3-7,11H,8-9H2,1-2H3. The highest BCUT2D eigenvalue weighted by atomic mass is 15.1. The highest BCUT2D eigenvalue weighted by Gasteiger charge is 1.90. The van der Waals surface area contributed by atoms with Crippen LogP contribution in [0.25, 0.3) is 0 Å². The molecule has 0 amide bonds. The molecular weight excluding hydrogens is 148 g/mol. The number of nitrogens with zero attached hydrogens (tertiary/aromatic N) is 1. The van der Waals surface area contributed by atoms with Gasteiger partial charge in [0.2, 0.25) is 0 Å². The second-order valence-electron chi connectivity index (χ2n) is 3.10. The zero-order valence-electron chi connectivity index (χ0n) is 7.75. The van der Waals surface area contributed by atoms with Crippen LogP contribution in [0.2, 0.25) is 0 Å². The zero-order chi connectivity index (χ0) is 8.81. The fourth-order valence-electron chi connectivity index (χ4n) is 0.980. The minimum absolute atomic E-state index is 0.997. The van der Waals surface area contributed by atoms with Crippen LogP contribution in [0.3, 0.4) is 0 Å². The van der Waals surface area contributed by atoms with Crippen LogP contribution in [0.4, 0.5) is 5.69 Å². The predicted octanol–water partition coefficient (Wildman–Crippen LogP) is 1.66. The largest absolute Gasteiger partial charge is 0.384 e. The highest BCUT2D eigenvalue weighted by Crippen LogP contribution is 2.03. The molecule has 0 unspecified atom stereocenters. The Morgan fingerprint density at radius 1 is 1.17 bits per heavy atom. The van der Waals surface area contributed by atoms with E-state index in [9.17, 15) is 0 Å². The minimum Gasteiger partial charge on any atom is -0.384 e. The molecule has 1 N–H and O–H groups in total. The van der Waals surface area contributed by atoms with Gasteiger partial charge in [-0.05, 0) is 26.2 Å². The Morgan fingerprint density at radius 2 is 1.83 bits per heavy atom. The minimum atomic E-state index is 0.997. The molecule has 1 rings (SSSR count). The molecule has 2 heteroatoms. The quantitative estimate of drug-likeness (QED) is 0.728. The fraction of sp³-hybridized carbons (Fsp3) is 0.400. The zero-order valence-corrected chi connectivity index (χ0v) is 7.75. The Kier molecular flexibility index (Phi) is 3.61. The summed E-state index contributed by atoms with van der Waals surface area (Å²) in [4.78, 5) is 2.16. The van der Waals surface area contributed by atoms with Gasteiger partial charge in [0.15, 0.2) is 0 Å². The van der Waals surface area contributed by atoms with Gasteiger partial charge in [0, 0.05) is 18.8 Å². The molecule has 1 aromatic carbocycles. The first-order valence-corrected chi connectivity index (χ1v) is 4.22. The molecule has 0 fully saturated rings. The smallest absolute Gasteiger partial charge is 0.0340 e. The van der Waals surface area contributed by atoms with Gasteiger partial charge in [0.05, 0.1) is 0 Å². The number of hydrogen-bond acceptors (Lipinski definition) is 2. The Hall–Kier alpha value is -1.02. The summed E-state index contributed by atoms with van der Waals surface area (Å²) in [6, 6.07) is 10.3. The molecular formula is C10H16N2. The van der Waals surface area contributed by atoms with E-state index < -0.39 is 0 Å². The first-order valence-electron chi connectivity index (χ1n) is 4.22. The number of nitrogens with one attached hydrogen (secondary N) is 1. The molecule has 0 atom stereocenters. The molecule has 2 nitrogen and oxygen atoms in total. The second kappa shape index (κ2) is 4.78. The number of benzene rings is 1. The van der Waals surface area contributed by atoms with Gasteiger partial charge in [0.1, 0.15) is 0 Å². The van der Waals surface area contributed by atoms with Gasteiger partial charge in [0.25, 0.3) is 0 Å². The van der Waals surface area contributed by atoms with E-state index >= 15 is 0 Å². The lowest BCUT2D eigenvalue weighted by atomic mass is 10.3. The molecule has 0 aliphatic carbocycles. The van der Waals surface area contributed by atoms with E-state index in [0.29, 0.717) is 0 Å². The van der Waals surface area contributed by atoms with Crippen LogP contribution in [0, 0.1) is 0 Å². The van der Waals surface area contributed by atoms with E-state index in [4.69, 9.17) is 0 Å². The first kappa shape index (κ1) is 9.07. The summed E-state index contributed by atoms with van der Waals surface area (Å²) in [6.45, 7) is 2.06. The summed E-state index contributed by atoms with van der Waals surface area (Å²) in [6.07, 6.45) is 0. The third-order valence-corrected chi connectivity index (χ3v) is 1.66. The molecule has 66 valence electrons. The van der Waals surface area contributed by atoms with Crippen molar-refractivity contribution >= 4 is 5.69 Å². The highest BCUT2D eigenvalue weighted by molar-refractivity contribution is 5.42. The van der Waals surface area contributed by atoms with Crippen LogP contribution in [-0.4, -0.2) is 32.1 Å². The Labute approximate surface area is 74.2 Å². The van der Waals surface area contributed by atoms with Crippen LogP contribution < -0.4 is 5.32 Å². The van der Waals surface area contributed by atoms with Crippen LogP contribution >= 0.6 is 0 Å². The first-order chi connectivity index (χ1) is 5.79. The monoisotopic (exact) mass is 164 g/mol. The van der Waals surface area contributed by atoms with Crippen molar-refractivity contribution < 1.29 is 0 Å². The summed E-state index contributed by atoms with van der Waals surface area (Å²) < 4.78 is 0. The third-order valence-electron chi connectivity index (χ3n) is 1.66. The molecule has 0 aromatic heterocycles. The summed E-state index contributed by atoms with van der Waals surface area (Å²) in [5.74, 6) is 0. The van der Waals surface area contributed by atoms with E-state index in [0.717, 1.165) is 13.1 Å². The van der Waals surface area contributed by atoms with Gasteiger partial charge in [-0.15, -0.1) is 0 Å². The molecule has 1 aromatic rings. The van der Waals surface area contributed by atoms with Crippen molar-refractivity contribution in [3.63, 3.8) is 0 Å². The lowest BCUT2D eigenvalue weighted by Crippen LogP contribution is -2.20. The molecule has 0 radical (unpaired) electrons. The van der Waals surface area contributed by atoms with E-state index in [1.54, 1.807) is 0 Å². The topological polar surface area (TPSA) is 15.3 Å². The number of para-hydroxylation sites is 1. The lowest BCUT2D eigenvalue weighted by Gasteiger charge is -2.10. The van der Waals surface area contributed by atoms with Crippen LogP contribution in [0.15, 0.2) is 30.3 Å². The van der Waals surface area contributed by atoms with Crippen molar-refractivity contribution in [1.82, 2.24) is 4.90 Å². The number of rotatable bonds is 4. The van der Waals surface area contributed by atoms with Crippen molar-refractivity contribution in [3.8, 4) is 0 Å². The molecule has 0 heterocycles. The number of anilines is 1. The molecule has 0 saturated carbocycles. The maximum absolute atomic E-state index is 3.33. The summed E-state index contributed by atoms with van der Waals surface area (Å²) in [7, 11) is 4.15. The Bertz CT molecular complexity index is 206. The van der Waals surface area contributed by atoms with E-state index in [-0.39, 0.29) is 0 Å². The van der Waals surface area contributed by atoms with Gasteiger partial charge >= 0.3 is 0 Å². The Balaban J connectivity index is 2.25. The van der Waals surface area contributed by atoms with Crippen LogP contribution in [-0.2, 0) is 0 Å². The average molecular weight is 164 g/mol. The Morgan fingerprint density at radius 3 is 2.42 bits per heavy atom. The maximum Gasteiger partial charge on any atom is 0.0340 e. The summed E-state index contributed by atoms with van der Waals surface area (Å²) in [5.41, 5.74) is 1.19. The van der Waals surface area contributed by atoms with Crippen molar-refractivity contribution in [1.29, 1.82) is 0 Å². The molecule has 0 spiro atoms. The normalized spacial score (nSPS) is 10.2. The molecule has 0 saturated heterocycles. The third kappa shape index (κ3) is 3.39. The van der Waals surface area contributed by atoms with E-state index in [1.807, 2.05) is 18.2 Å².